The van der Waals surface area contributed by atoms with E-state index in [1.807, 2.05) is 0 Å². The standard InChI is InChI=1S/C42H41ClF5N7O4/c1-21(2)28-19-30(46)39-34(28)37(40(47)48)52-55(39)20-33(57)50-31(17-22-15-23(44)18-24(45)16-22)36-26(8-7-25(49-36)11-13-42(3,4)58)27-9-10-29(43)35-38(27)54(5)53-41(35)51-32(56)12-14-59-6/h7-10,15-16,18,28,30-31,40,58H,1,12,14,17,19-20H2,2-6H3,(H,50,57)(H,51,53,56). The fraction of sp³-hybridized carbons (Fsp3) is 0.357. The number of allylic oxidation sites excluding steroid dienone is 1. The number of ether oxygens (including phenoxy) is 1. The molecule has 3 heterocycles. The second-order valence-corrected chi connectivity index (χ2v) is 15.3. The van der Waals surface area contributed by atoms with E-state index in [0.29, 0.717) is 33.7 Å². The van der Waals surface area contributed by atoms with Crippen molar-refractivity contribution in [1.29, 1.82) is 0 Å². The molecule has 3 N–H and O–H groups in total. The first-order chi connectivity index (χ1) is 27.8. The van der Waals surface area contributed by atoms with Crippen LogP contribution in [0.4, 0.5) is 27.8 Å². The average Bonchev–Trinajstić information content (AvgIpc) is 3.80. The Hall–Kier alpha value is -5.63. The average molecular weight is 838 g/mol. The van der Waals surface area contributed by atoms with Crippen LogP contribution < -0.4 is 10.6 Å². The van der Waals surface area contributed by atoms with Crippen LogP contribution in [0.25, 0.3) is 22.0 Å². The zero-order valence-electron chi connectivity index (χ0n) is 32.8. The molecule has 2 aromatic carbocycles. The number of carbonyl (C=O) groups is 2. The topological polar surface area (TPSA) is 136 Å². The fourth-order valence-corrected chi connectivity index (χ4v) is 7.49. The Morgan fingerprint density at radius 1 is 1.08 bits per heavy atom. The molecule has 310 valence electrons. The van der Waals surface area contributed by atoms with Crippen molar-refractivity contribution in [2.24, 2.45) is 7.05 Å². The van der Waals surface area contributed by atoms with Crippen LogP contribution in [0, 0.1) is 23.5 Å². The van der Waals surface area contributed by atoms with Crippen molar-refractivity contribution >= 4 is 40.1 Å². The molecule has 1 aliphatic rings. The summed E-state index contributed by atoms with van der Waals surface area (Å²) in [5.41, 5.74) is -0.0919. The first-order valence-electron chi connectivity index (χ1n) is 18.5. The van der Waals surface area contributed by atoms with Gasteiger partial charge in [0.2, 0.25) is 11.8 Å². The molecule has 0 spiro atoms. The van der Waals surface area contributed by atoms with Gasteiger partial charge in [-0.15, -0.1) is 0 Å². The van der Waals surface area contributed by atoms with Crippen molar-refractivity contribution in [2.45, 2.75) is 76.7 Å². The van der Waals surface area contributed by atoms with Gasteiger partial charge in [0, 0.05) is 42.8 Å². The van der Waals surface area contributed by atoms with Gasteiger partial charge in [0.1, 0.15) is 41.3 Å². The smallest absolute Gasteiger partial charge is 0.282 e. The lowest BCUT2D eigenvalue weighted by atomic mass is 9.93. The molecule has 5 aromatic rings. The number of nitrogens with zero attached hydrogens (tertiary/aromatic N) is 5. The maximum atomic E-state index is 15.5. The van der Waals surface area contributed by atoms with Gasteiger partial charge in [-0.3, -0.25) is 19.0 Å². The van der Waals surface area contributed by atoms with Crippen molar-refractivity contribution in [3.8, 4) is 23.0 Å². The number of anilines is 1. The molecule has 3 aromatic heterocycles. The van der Waals surface area contributed by atoms with Gasteiger partial charge in [-0.25, -0.2) is 26.9 Å². The van der Waals surface area contributed by atoms with Gasteiger partial charge in [0.15, 0.2) is 5.82 Å². The maximum absolute atomic E-state index is 15.5. The van der Waals surface area contributed by atoms with Crippen LogP contribution in [-0.2, 0) is 34.3 Å². The minimum Gasteiger partial charge on any atom is -0.384 e. The van der Waals surface area contributed by atoms with Crippen LogP contribution in [0.15, 0.2) is 54.6 Å². The lowest BCUT2D eigenvalue weighted by Gasteiger charge is -2.23. The van der Waals surface area contributed by atoms with Crippen molar-refractivity contribution in [3.63, 3.8) is 0 Å². The Kier molecular flexibility index (Phi) is 12.6. The second-order valence-electron chi connectivity index (χ2n) is 14.9. The number of rotatable bonds is 13. The number of aliphatic hydroxyl groups is 1. The molecule has 0 saturated heterocycles. The van der Waals surface area contributed by atoms with Crippen LogP contribution in [0.5, 0.6) is 0 Å². The van der Waals surface area contributed by atoms with E-state index in [0.717, 1.165) is 16.8 Å². The molecule has 17 heteroatoms. The summed E-state index contributed by atoms with van der Waals surface area (Å²) < 4.78 is 80.8. The molecule has 6 rings (SSSR count). The number of nitrogens with one attached hydrogen (secondary N) is 2. The van der Waals surface area contributed by atoms with E-state index in [1.54, 1.807) is 38.2 Å². The van der Waals surface area contributed by atoms with Gasteiger partial charge >= 0.3 is 0 Å². The molecular formula is C42H41ClF5N7O4. The number of benzene rings is 2. The Bertz CT molecular complexity index is 2500. The molecule has 0 radical (unpaired) electrons. The van der Waals surface area contributed by atoms with E-state index in [-0.39, 0.29) is 70.8 Å². The molecule has 0 aliphatic heterocycles. The van der Waals surface area contributed by atoms with E-state index in [9.17, 15) is 32.3 Å². The van der Waals surface area contributed by atoms with Crippen LogP contribution >= 0.6 is 11.6 Å². The first-order valence-corrected chi connectivity index (χ1v) is 18.9. The highest BCUT2D eigenvalue weighted by atomic mass is 35.5. The Morgan fingerprint density at radius 3 is 2.42 bits per heavy atom. The minimum atomic E-state index is -3.06. The van der Waals surface area contributed by atoms with Gasteiger partial charge in [0.25, 0.3) is 6.43 Å². The number of methoxy groups -OCH3 is 1. The van der Waals surface area contributed by atoms with E-state index < -0.39 is 59.9 Å². The van der Waals surface area contributed by atoms with E-state index in [1.165, 1.54) is 25.6 Å². The molecule has 3 atom stereocenters. The third-order valence-electron chi connectivity index (χ3n) is 9.71. The molecule has 59 heavy (non-hydrogen) atoms. The molecule has 1 aliphatic carbocycles. The highest BCUT2D eigenvalue weighted by Gasteiger charge is 2.41. The van der Waals surface area contributed by atoms with Crippen molar-refractivity contribution < 1.29 is 41.4 Å². The molecule has 11 nitrogen and oxygen atoms in total. The highest BCUT2D eigenvalue weighted by molar-refractivity contribution is 6.37. The highest BCUT2D eigenvalue weighted by Crippen LogP contribution is 2.49. The summed E-state index contributed by atoms with van der Waals surface area (Å²) in [5.74, 6) is 1.99. The molecule has 2 amide bonds. The number of carbonyl (C=O) groups excluding carboxylic acids is 2. The third kappa shape index (κ3) is 9.48. The Morgan fingerprint density at radius 2 is 1.78 bits per heavy atom. The summed E-state index contributed by atoms with van der Waals surface area (Å²) in [5, 5.41) is 25.1. The zero-order chi connectivity index (χ0) is 42.9. The van der Waals surface area contributed by atoms with Crippen molar-refractivity contribution in [2.75, 3.05) is 19.0 Å². The van der Waals surface area contributed by atoms with E-state index >= 15 is 4.39 Å². The van der Waals surface area contributed by atoms with E-state index in [4.69, 9.17) is 21.3 Å². The SMILES string of the molecule is C=C(C)C1CC(F)c2c1c(C(F)F)nn2CC(=O)NC(Cc1cc(F)cc(F)c1)c1nc(C#CC(C)(C)O)ccc1-c1ccc(Cl)c2c(NC(=O)CCOC)nn(C)c12. The number of alkyl halides is 3. The summed E-state index contributed by atoms with van der Waals surface area (Å²) in [6.07, 6.45) is -5.11. The number of hydrogen-bond acceptors (Lipinski definition) is 7. The van der Waals surface area contributed by atoms with Crippen molar-refractivity contribution in [1.82, 2.24) is 29.9 Å². The quantitative estimate of drug-likeness (QED) is 0.0622. The van der Waals surface area contributed by atoms with Gasteiger partial charge in [0.05, 0.1) is 46.4 Å². The van der Waals surface area contributed by atoms with Gasteiger partial charge in [-0.2, -0.15) is 10.2 Å². The normalized spacial score (nSPS) is 15.5. The summed E-state index contributed by atoms with van der Waals surface area (Å²) >= 11 is 6.71. The largest absolute Gasteiger partial charge is 0.384 e. The van der Waals surface area contributed by atoms with Gasteiger partial charge < -0.3 is 20.5 Å². The van der Waals surface area contributed by atoms with Crippen molar-refractivity contribution in [3.05, 3.63) is 105 Å². The van der Waals surface area contributed by atoms with Crippen LogP contribution in [0.2, 0.25) is 5.02 Å². The summed E-state index contributed by atoms with van der Waals surface area (Å²) in [4.78, 5) is 31.6. The first kappa shape index (κ1) is 43.0. The monoisotopic (exact) mass is 837 g/mol. The Balaban J connectivity index is 1.51. The van der Waals surface area contributed by atoms with Gasteiger partial charge in [-0.1, -0.05) is 35.7 Å². The molecule has 0 fully saturated rings. The third-order valence-corrected chi connectivity index (χ3v) is 10.0. The number of halogens is 6. The van der Waals surface area contributed by atoms with E-state index in [2.05, 4.69) is 39.3 Å². The van der Waals surface area contributed by atoms with Crippen LogP contribution in [0.1, 0.15) is 92.1 Å². The molecule has 0 saturated carbocycles. The number of hydrogen-bond donors (Lipinski definition) is 3. The summed E-state index contributed by atoms with van der Waals surface area (Å²) in [7, 11) is 3.09. The number of aromatic nitrogens is 5. The summed E-state index contributed by atoms with van der Waals surface area (Å²) in [6.45, 7) is 7.86. The molecular weight excluding hydrogens is 797 g/mol. The predicted molar refractivity (Wildman–Crippen MR) is 211 cm³/mol. The minimum absolute atomic E-state index is 0.00110. The lowest BCUT2D eigenvalue weighted by Crippen LogP contribution is -2.34. The lowest BCUT2D eigenvalue weighted by molar-refractivity contribution is -0.122. The number of amides is 2. The second kappa shape index (κ2) is 17.3. The number of fused-ring (bicyclic) bond motifs is 2. The number of pyridine rings is 1. The maximum Gasteiger partial charge on any atom is 0.282 e. The predicted octanol–water partition coefficient (Wildman–Crippen LogP) is 7.97. The fourth-order valence-electron chi connectivity index (χ4n) is 7.24. The zero-order valence-corrected chi connectivity index (χ0v) is 33.5. The summed E-state index contributed by atoms with van der Waals surface area (Å²) in [6, 6.07) is 8.12. The molecule has 0 bridgehead atoms. The molecule has 3 unspecified atom stereocenters. The Labute approximate surface area is 341 Å². The van der Waals surface area contributed by atoms with Gasteiger partial charge in [-0.05, 0) is 75.4 Å². The number of aryl methyl sites for hydroxylation is 1. The van der Waals surface area contributed by atoms with Crippen LogP contribution in [0.3, 0.4) is 0 Å². The van der Waals surface area contributed by atoms with Crippen LogP contribution in [-0.4, -0.2) is 60.8 Å².